The molecule has 2 aromatic rings. The highest BCUT2D eigenvalue weighted by atomic mass is 15.4. The van der Waals surface area contributed by atoms with Crippen LogP contribution in [0.3, 0.4) is 0 Å². The van der Waals surface area contributed by atoms with Crippen LogP contribution in [-0.2, 0) is 0 Å². The van der Waals surface area contributed by atoms with Crippen LogP contribution in [0.5, 0.6) is 0 Å². The summed E-state index contributed by atoms with van der Waals surface area (Å²) >= 11 is 0. The van der Waals surface area contributed by atoms with E-state index in [2.05, 4.69) is 45.4 Å². The molecule has 0 atom stereocenters. The van der Waals surface area contributed by atoms with Crippen molar-refractivity contribution in [2.24, 2.45) is 10.9 Å². The van der Waals surface area contributed by atoms with E-state index in [0.29, 0.717) is 5.92 Å². The topological polar surface area (TPSA) is 45.5 Å². The van der Waals surface area contributed by atoms with Gasteiger partial charge in [0.2, 0.25) is 0 Å². The minimum atomic E-state index is 0.516. The van der Waals surface area contributed by atoms with Gasteiger partial charge in [-0.05, 0) is 51.2 Å². The van der Waals surface area contributed by atoms with Crippen molar-refractivity contribution in [3.8, 4) is 0 Å². The molecule has 1 saturated heterocycles. The van der Waals surface area contributed by atoms with Crippen molar-refractivity contribution in [3.63, 3.8) is 0 Å². The van der Waals surface area contributed by atoms with Gasteiger partial charge in [0.05, 0.1) is 23.3 Å². The maximum Gasteiger partial charge on any atom is 0.107 e. The van der Waals surface area contributed by atoms with Gasteiger partial charge in [-0.1, -0.05) is 0 Å². The quantitative estimate of drug-likeness (QED) is 0.873. The third-order valence-electron chi connectivity index (χ3n) is 4.40. The van der Waals surface area contributed by atoms with Crippen molar-refractivity contribution >= 4 is 17.1 Å². The maximum absolute atomic E-state index is 4.95. The van der Waals surface area contributed by atoms with E-state index in [1.807, 2.05) is 12.3 Å². The molecule has 5 heteroatoms. The molecular weight excluding hydrogens is 262 g/mol. The Kier molecular flexibility index (Phi) is 3.00. The van der Waals surface area contributed by atoms with Crippen molar-refractivity contribution < 1.29 is 0 Å². The van der Waals surface area contributed by atoms with Crippen LogP contribution < -0.4 is 5.43 Å². The van der Waals surface area contributed by atoms with Crippen LogP contribution in [0.25, 0.3) is 0 Å². The molecule has 21 heavy (non-hydrogen) atoms. The minimum Gasteiger partial charge on any atom is -0.306 e. The fourth-order valence-corrected chi connectivity index (χ4v) is 3.16. The monoisotopic (exact) mass is 281 g/mol. The summed E-state index contributed by atoms with van der Waals surface area (Å²) in [6.45, 7) is 2.27. The summed E-state index contributed by atoms with van der Waals surface area (Å²) < 4.78 is 2.07. The standard InChI is InChI=1S/C16H19N5/c1-20-9-5-12(6-10-20)16-15-3-2-8-21(15)19-13-4-7-17-11-14(13)18-16/h2-4,7-8,11-12,19H,5-6,9-10H2,1H3. The zero-order chi connectivity index (χ0) is 14.2. The van der Waals surface area contributed by atoms with Gasteiger partial charge in [0.15, 0.2) is 0 Å². The van der Waals surface area contributed by atoms with Gasteiger partial charge < -0.3 is 4.90 Å². The van der Waals surface area contributed by atoms with Crippen molar-refractivity contribution in [1.82, 2.24) is 14.6 Å². The highest BCUT2D eigenvalue weighted by Gasteiger charge is 2.26. The normalized spacial score (nSPS) is 19.2. The molecule has 1 fully saturated rings. The molecule has 2 aliphatic heterocycles. The Morgan fingerprint density at radius 3 is 2.95 bits per heavy atom. The van der Waals surface area contributed by atoms with Gasteiger partial charge in [-0.25, -0.2) is 4.99 Å². The van der Waals surface area contributed by atoms with E-state index >= 15 is 0 Å². The van der Waals surface area contributed by atoms with Crippen molar-refractivity contribution in [2.45, 2.75) is 12.8 Å². The van der Waals surface area contributed by atoms with E-state index in [0.717, 1.165) is 37.3 Å². The van der Waals surface area contributed by atoms with Gasteiger partial charge in [-0.3, -0.25) is 15.1 Å². The molecule has 0 amide bonds. The second-order valence-electron chi connectivity index (χ2n) is 5.84. The number of aromatic nitrogens is 2. The van der Waals surface area contributed by atoms with Gasteiger partial charge in [0.1, 0.15) is 5.69 Å². The van der Waals surface area contributed by atoms with Gasteiger partial charge in [0, 0.05) is 18.3 Å². The van der Waals surface area contributed by atoms with Crippen LogP contribution >= 0.6 is 0 Å². The van der Waals surface area contributed by atoms with E-state index in [9.17, 15) is 0 Å². The molecule has 0 saturated carbocycles. The van der Waals surface area contributed by atoms with E-state index in [1.54, 1.807) is 6.20 Å². The molecular formula is C16H19N5. The molecule has 108 valence electrons. The number of pyridine rings is 1. The average molecular weight is 281 g/mol. The molecule has 1 N–H and O–H groups in total. The number of fused-ring (bicyclic) bond motifs is 2. The second kappa shape index (κ2) is 5.00. The number of rotatable bonds is 1. The number of nitrogens with zero attached hydrogens (tertiary/aromatic N) is 4. The molecule has 2 aliphatic rings. The lowest BCUT2D eigenvalue weighted by molar-refractivity contribution is 0.252. The van der Waals surface area contributed by atoms with Crippen LogP contribution in [-0.4, -0.2) is 40.4 Å². The Bertz CT molecular complexity index is 679. The third-order valence-corrected chi connectivity index (χ3v) is 4.40. The molecule has 5 nitrogen and oxygen atoms in total. The molecule has 0 spiro atoms. The molecule has 2 aromatic heterocycles. The predicted octanol–water partition coefficient (Wildman–Crippen LogP) is 2.53. The number of likely N-dealkylation sites (tertiary alicyclic amines) is 1. The summed E-state index contributed by atoms with van der Waals surface area (Å²) in [5.41, 5.74) is 7.70. The van der Waals surface area contributed by atoms with E-state index in [4.69, 9.17) is 4.99 Å². The summed E-state index contributed by atoms with van der Waals surface area (Å²) in [5.74, 6) is 0.516. The Morgan fingerprint density at radius 1 is 1.24 bits per heavy atom. The average Bonchev–Trinajstić information content (AvgIpc) is 2.89. The van der Waals surface area contributed by atoms with Crippen LogP contribution in [0.1, 0.15) is 18.5 Å². The lowest BCUT2D eigenvalue weighted by Crippen LogP contribution is -2.34. The highest BCUT2D eigenvalue weighted by molar-refractivity contribution is 6.04. The van der Waals surface area contributed by atoms with E-state index in [-0.39, 0.29) is 0 Å². The van der Waals surface area contributed by atoms with Crippen LogP contribution in [0, 0.1) is 5.92 Å². The van der Waals surface area contributed by atoms with E-state index < -0.39 is 0 Å². The Hall–Kier alpha value is -2.14. The van der Waals surface area contributed by atoms with Gasteiger partial charge in [-0.15, -0.1) is 0 Å². The van der Waals surface area contributed by atoms with Crippen molar-refractivity contribution in [1.29, 1.82) is 0 Å². The number of hydrogen-bond acceptors (Lipinski definition) is 4. The first-order valence-corrected chi connectivity index (χ1v) is 7.47. The van der Waals surface area contributed by atoms with Crippen LogP contribution in [0.2, 0.25) is 0 Å². The van der Waals surface area contributed by atoms with Crippen LogP contribution in [0.15, 0.2) is 41.8 Å². The summed E-state index contributed by atoms with van der Waals surface area (Å²) in [5, 5.41) is 0. The minimum absolute atomic E-state index is 0.516. The molecule has 4 heterocycles. The fourth-order valence-electron chi connectivity index (χ4n) is 3.16. The summed E-state index contributed by atoms with van der Waals surface area (Å²) in [6, 6.07) is 6.18. The predicted molar refractivity (Wildman–Crippen MR) is 84.1 cm³/mol. The number of piperidine rings is 1. The first-order chi connectivity index (χ1) is 10.3. The zero-order valence-electron chi connectivity index (χ0n) is 12.2. The van der Waals surface area contributed by atoms with Gasteiger partial charge in [0.25, 0.3) is 0 Å². The Balaban J connectivity index is 1.79. The first kappa shape index (κ1) is 12.6. The number of nitrogens with one attached hydrogen (secondary N) is 1. The number of anilines is 1. The first-order valence-electron chi connectivity index (χ1n) is 7.47. The fraction of sp³-hybridized carbons (Fsp3) is 0.375. The highest BCUT2D eigenvalue weighted by Crippen LogP contribution is 2.31. The summed E-state index contributed by atoms with van der Waals surface area (Å²) in [4.78, 5) is 11.6. The lowest BCUT2D eigenvalue weighted by atomic mass is 9.90. The number of aliphatic imine (C=N–C) groups is 1. The largest absolute Gasteiger partial charge is 0.306 e. The summed E-state index contributed by atoms with van der Waals surface area (Å²) in [7, 11) is 2.19. The molecule has 0 unspecified atom stereocenters. The molecule has 0 bridgehead atoms. The SMILES string of the molecule is CN1CCC(C2=Nc3cnccc3Nn3cccc32)CC1. The van der Waals surface area contributed by atoms with Crippen molar-refractivity contribution in [2.75, 3.05) is 25.6 Å². The lowest BCUT2D eigenvalue weighted by Gasteiger charge is -2.29. The summed E-state index contributed by atoms with van der Waals surface area (Å²) in [6.07, 6.45) is 8.01. The van der Waals surface area contributed by atoms with Gasteiger partial charge in [-0.2, -0.15) is 0 Å². The van der Waals surface area contributed by atoms with Crippen molar-refractivity contribution in [3.05, 3.63) is 42.5 Å². The zero-order valence-corrected chi connectivity index (χ0v) is 12.2. The van der Waals surface area contributed by atoms with Crippen LogP contribution in [0.4, 0.5) is 11.4 Å². The molecule has 0 aliphatic carbocycles. The second-order valence-corrected chi connectivity index (χ2v) is 5.84. The number of hydrogen-bond donors (Lipinski definition) is 1. The Labute approximate surface area is 124 Å². The van der Waals surface area contributed by atoms with Gasteiger partial charge >= 0.3 is 0 Å². The van der Waals surface area contributed by atoms with E-state index in [1.165, 1.54) is 11.4 Å². The third kappa shape index (κ3) is 2.23. The molecule has 0 radical (unpaired) electrons. The maximum atomic E-state index is 4.95. The molecule has 4 rings (SSSR count). The smallest absolute Gasteiger partial charge is 0.107 e. The Morgan fingerprint density at radius 2 is 2.10 bits per heavy atom. The molecule has 0 aromatic carbocycles.